The number of thiophene rings is 1. The number of hydrogen-bond donors (Lipinski definition) is 0. The summed E-state index contributed by atoms with van der Waals surface area (Å²) >= 11 is 13.2. The average Bonchev–Trinajstić information content (AvgIpc) is 2.93. The van der Waals surface area contributed by atoms with Crippen molar-refractivity contribution in [3.05, 3.63) is 32.4 Å². The van der Waals surface area contributed by atoms with Gasteiger partial charge in [0.25, 0.3) is 5.91 Å². The first-order chi connectivity index (χ1) is 11.5. The van der Waals surface area contributed by atoms with Crippen LogP contribution in [0, 0.1) is 0 Å². The second-order valence-electron chi connectivity index (χ2n) is 5.66. The first kappa shape index (κ1) is 17.3. The lowest BCUT2D eigenvalue weighted by Crippen LogP contribution is -2.49. The molecule has 9 heteroatoms. The molecule has 0 N–H and O–H groups in total. The predicted molar refractivity (Wildman–Crippen MR) is 98.8 cm³/mol. The lowest BCUT2D eigenvalue weighted by molar-refractivity contribution is 0.0747. The zero-order valence-corrected chi connectivity index (χ0v) is 15.7. The highest BCUT2D eigenvalue weighted by Crippen LogP contribution is 2.32. The molecule has 0 bridgehead atoms. The van der Waals surface area contributed by atoms with E-state index in [1.54, 1.807) is 11.0 Å². The van der Waals surface area contributed by atoms with Crippen LogP contribution in [0.5, 0.6) is 0 Å². The lowest BCUT2D eigenvalue weighted by Gasteiger charge is -2.35. The number of hydrogen-bond acceptors (Lipinski definition) is 6. The molecule has 2 aromatic rings. The average molecular weight is 386 g/mol. The largest absolute Gasteiger partial charge is 0.361 e. The first-order valence-electron chi connectivity index (χ1n) is 7.46. The fourth-order valence-electron chi connectivity index (χ4n) is 2.52. The number of amides is 1. The van der Waals surface area contributed by atoms with Crippen LogP contribution in [0.2, 0.25) is 8.67 Å². The Morgan fingerprint density at radius 1 is 1.17 bits per heavy atom. The van der Waals surface area contributed by atoms with Crippen molar-refractivity contribution in [1.29, 1.82) is 0 Å². The number of anilines is 2. The first-order valence-corrected chi connectivity index (χ1v) is 9.03. The van der Waals surface area contributed by atoms with E-state index in [2.05, 4.69) is 15.1 Å². The molecule has 0 radical (unpaired) electrons. The minimum absolute atomic E-state index is 0.0724. The second kappa shape index (κ2) is 7.13. The van der Waals surface area contributed by atoms with Gasteiger partial charge in [-0.05, 0) is 18.2 Å². The molecule has 1 amide bonds. The van der Waals surface area contributed by atoms with Crippen molar-refractivity contribution in [3.63, 3.8) is 0 Å². The van der Waals surface area contributed by atoms with Crippen molar-refractivity contribution >= 4 is 52.1 Å². The Morgan fingerprint density at radius 3 is 2.38 bits per heavy atom. The van der Waals surface area contributed by atoms with Gasteiger partial charge in [0, 0.05) is 40.3 Å². The smallest absolute Gasteiger partial charge is 0.256 e. The van der Waals surface area contributed by atoms with E-state index in [9.17, 15) is 4.79 Å². The number of rotatable bonds is 3. The summed E-state index contributed by atoms with van der Waals surface area (Å²) in [5.74, 6) is 1.57. The zero-order chi connectivity index (χ0) is 17.3. The van der Waals surface area contributed by atoms with Crippen LogP contribution in [0.15, 0.2) is 18.2 Å². The predicted octanol–water partition coefficient (Wildman–Crippen LogP) is 2.87. The number of aromatic nitrogens is 2. The van der Waals surface area contributed by atoms with E-state index in [-0.39, 0.29) is 5.91 Å². The number of carbonyl (C=O) groups excluding carboxylic acids is 1. The maximum Gasteiger partial charge on any atom is 0.256 e. The van der Waals surface area contributed by atoms with E-state index in [4.69, 9.17) is 23.2 Å². The zero-order valence-electron chi connectivity index (χ0n) is 13.4. The molecule has 0 spiro atoms. The van der Waals surface area contributed by atoms with E-state index < -0.39 is 0 Å². The fraction of sp³-hybridized carbons (Fsp3) is 0.400. The van der Waals surface area contributed by atoms with E-state index in [0.717, 1.165) is 11.6 Å². The number of carbonyl (C=O) groups is 1. The highest BCUT2D eigenvalue weighted by molar-refractivity contribution is 7.20. The van der Waals surface area contributed by atoms with Crippen molar-refractivity contribution in [2.24, 2.45) is 0 Å². The Balaban J connectivity index is 1.63. The maximum absolute atomic E-state index is 12.5. The number of halogens is 2. The summed E-state index contributed by atoms with van der Waals surface area (Å²) in [6.45, 7) is 2.63. The monoisotopic (exact) mass is 385 g/mol. The van der Waals surface area contributed by atoms with Crippen LogP contribution in [0.4, 0.5) is 11.6 Å². The van der Waals surface area contributed by atoms with E-state index in [1.807, 2.05) is 31.1 Å². The van der Waals surface area contributed by atoms with Crippen LogP contribution in [0.3, 0.4) is 0 Å². The lowest BCUT2D eigenvalue weighted by atomic mass is 10.2. The van der Waals surface area contributed by atoms with Crippen LogP contribution in [0.1, 0.15) is 10.4 Å². The molecule has 3 rings (SSSR count). The molecular weight excluding hydrogens is 369 g/mol. The third-order valence-corrected chi connectivity index (χ3v) is 5.36. The highest BCUT2D eigenvalue weighted by Gasteiger charge is 2.25. The summed E-state index contributed by atoms with van der Waals surface area (Å²) in [6.07, 6.45) is 0. The van der Waals surface area contributed by atoms with Gasteiger partial charge in [0.2, 0.25) is 0 Å². The molecule has 128 valence electrons. The third kappa shape index (κ3) is 3.58. The highest BCUT2D eigenvalue weighted by atomic mass is 35.5. The molecule has 1 aliphatic rings. The summed E-state index contributed by atoms with van der Waals surface area (Å²) in [7, 11) is 3.85. The van der Waals surface area contributed by atoms with Crippen molar-refractivity contribution in [1.82, 2.24) is 15.1 Å². The third-order valence-electron chi connectivity index (χ3n) is 3.87. The standard InChI is InChI=1S/C15H17Cl2N5OS/c1-20(2)12-3-4-13(19-18-12)21-5-7-22(8-6-21)15(23)10-9-11(16)24-14(10)17/h3-4,9H,5-8H2,1-2H3. The van der Waals surface area contributed by atoms with Crippen molar-refractivity contribution in [2.75, 3.05) is 50.1 Å². The van der Waals surface area contributed by atoms with Gasteiger partial charge in [-0.15, -0.1) is 21.5 Å². The van der Waals surface area contributed by atoms with Crippen LogP contribution in [-0.2, 0) is 0 Å². The minimum atomic E-state index is -0.0724. The maximum atomic E-state index is 12.5. The van der Waals surface area contributed by atoms with Gasteiger partial charge in [-0.3, -0.25) is 4.79 Å². The van der Waals surface area contributed by atoms with Crippen LogP contribution >= 0.6 is 34.5 Å². The fourth-order valence-corrected chi connectivity index (χ4v) is 3.97. The molecular formula is C15H17Cl2N5OS. The Morgan fingerprint density at radius 2 is 1.88 bits per heavy atom. The normalized spacial score (nSPS) is 14.8. The van der Waals surface area contributed by atoms with Crippen molar-refractivity contribution in [2.45, 2.75) is 0 Å². The molecule has 1 saturated heterocycles. The summed E-state index contributed by atoms with van der Waals surface area (Å²) in [4.78, 5) is 18.4. The van der Waals surface area contributed by atoms with Crippen molar-refractivity contribution in [3.8, 4) is 0 Å². The summed E-state index contributed by atoms with van der Waals surface area (Å²) in [5.41, 5.74) is 0.482. The van der Waals surface area contributed by atoms with Crippen LogP contribution in [-0.4, -0.2) is 61.3 Å². The number of nitrogens with zero attached hydrogens (tertiary/aromatic N) is 5. The molecule has 0 aromatic carbocycles. The topological polar surface area (TPSA) is 52.6 Å². The Labute approximate surface area is 154 Å². The Hall–Kier alpha value is -1.57. The molecule has 0 unspecified atom stereocenters. The Bertz CT molecular complexity index is 726. The molecule has 0 saturated carbocycles. The molecule has 1 fully saturated rings. The summed E-state index contributed by atoms with van der Waals surface area (Å²) in [6, 6.07) is 5.52. The summed E-state index contributed by atoms with van der Waals surface area (Å²) in [5, 5.41) is 8.46. The molecule has 6 nitrogen and oxygen atoms in total. The van der Waals surface area contributed by atoms with Gasteiger partial charge in [0.1, 0.15) is 4.34 Å². The SMILES string of the molecule is CN(C)c1ccc(N2CCN(C(=O)c3cc(Cl)sc3Cl)CC2)nn1. The molecule has 24 heavy (non-hydrogen) atoms. The van der Waals surface area contributed by atoms with Gasteiger partial charge in [-0.1, -0.05) is 23.2 Å². The summed E-state index contributed by atoms with van der Waals surface area (Å²) < 4.78 is 0.968. The van der Waals surface area contributed by atoms with Gasteiger partial charge in [0.15, 0.2) is 11.6 Å². The van der Waals surface area contributed by atoms with Crippen molar-refractivity contribution < 1.29 is 4.79 Å². The molecule has 0 atom stereocenters. The van der Waals surface area contributed by atoms with E-state index in [0.29, 0.717) is 40.4 Å². The molecule has 2 aromatic heterocycles. The molecule has 1 aliphatic heterocycles. The van der Waals surface area contributed by atoms with Gasteiger partial charge < -0.3 is 14.7 Å². The van der Waals surface area contributed by atoms with Gasteiger partial charge in [-0.2, -0.15) is 0 Å². The van der Waals surface area contributed by atoms with Crippen LogP contribution < -0.4 is 9.80 Å². The van der Waals surface area contributed by atoms with E-state index >= 15 is 0 Å². The van der Waals surface area contributed by atoms with Gasteiger partial charge >= 0.3 is 0 Å². The van der Waals surface area contributed by atoms with E-state index in [1.165, 1.54) is 11.3 Å². The number of piperazine rings is 1. The molecule has 0 aliphatic carbocycles. The van der Waals surface area contributed by atoms with Crippen LogP contribution in [0.25, 0.3) is 0 Å². The minimum Gasteiger partial charge on any atom is -0.361 e. The van der Waals surface area contributed by atoms with Gasteiger partial charge in [-0.25, -0.2) is 0 Å². The Kier molecular flexibility index (Phi) is 5.12. The second-order valence-corrected chi connectivity index (χ2v) is 7.95. The molecule has 3 heterocycles. The van der Waals surface area contributed by atoms with Gasteiger partial charge in [0.05, 0.1) is 9.90 Å². The quantitative estimate of drug-likeness (QED) is 0.812.